The fourth-order valence-corrected chi connectivity index (χ4v) is 4.75. The van der Waals surface area contributed by atoms with Gasteiger partial charge in [-0.15, -0.1) is 0 Å². The first-order valence-corrected chi connectivity index (χ1v) is 9.24. The van der Waals surface area contributed by atoms with Crippen molar-refractivity contribution in [1.82, 2.24) is 9.55 Å². The van der Waals surface area contributed by atoms with Crippen molar-refractivity contribution in [2.75, 3.05) is 0 Å². The van der Waals surface area contributed by atoms with Crippen LogP contribution in [0.15, 0.2) is 23.6 Å². The van der Waals surface area contributed by atoms with Crippen LogP contribution in [0.2, 0.25) is 0 Å². The maximum Gasteiger partial charge on any atom is 0.199 e. The molecule has 4 nitrogen and oxygen atoms in total. The Kier molecular flexibility index (Phi) is 4.23. The number of ketones is 1. The lowest BCUT2D eigenvalue weighted by Crippen LogP contribution is -2.10. The molecule has 0 saturated heterocycles. The minimum Gasteiger partial charge on any atom is -0.321 e. The van der Waals surface area contributed by atoms with E-state index in [-0.39, 0.29) is 5.78 Å². The molecular weight excluding hydrogens is 308 g/mol. The Morgan fingerprint density at radius 3 is 2.61 bits per heavy atom. The van der Waals surface area contributed by atoms with E-state index in [0.717, 1.165) is 40.7 Å². The quantitative estimate of drug-likeness (QED) is 0.786. The average Bonchev–Trinajstić information content (AvgIpc) is 3.19. The summed E-state index contributed by atoms with van der Waals surface area (Å²) in [5.41, 5.74) is 4.79. The first-order chi connectivity index (χ1) is 10.9. The van der Waals surface area contributed by atoms with Crippen molar-refractivity contribution in [1.29, 1.82) is 0 Å². The number of imidazole rings is 1. The largest absolute Gasteiger partial charge is 0.321 e. The van der Waals surface area contributed by atoms with E-state index in [4.69, 9.17) is 0 Å². The van der Waals surface area contributed by atoms with Crippen LogP contribution in [-0.2, 0) is 16.6 Å². The van der Waals surface area contributed by atoms with Gasteiger partial charge in [0, 0.05) is 24.0 Å². The van der Waals surface area contributed by atoms with Crippen LogP contribution < -0.4 is 0 Å². The van der Waals surface area contributed by atoms with Crippen molar-refractivity contribution in [2.24, 2.45) is 0 Å². The predicted octanol–water partition coefficient (Wildman–Crippen LogP) is 3.65. The lowest BCUT2D eigenvalue weighted by Gasteiger charge is -2.16. The maximum atomic E-state index is 12.8. The van der Waals surface area contributed by atoms with Crippen molar-refractivity contribution < 1.29 is 9.00 Å². The summed E-state index contributed by atoms with van der Waals surface area (Å²) in [6.45, 7) is 7.52. The summed E-state index contributed by atoms with van der Waals surface area (Å²) in [7, 11) is -1.20. The lowest BCUT2D eigenvalue weighted by molar-refractivity contribution is 0.101. The lowest BCUT2D eigenvalue weighted by atomic mass is 9.92. The monoisotopic (exact) mass is 330 g/mol. The van der Waals surface area contributed by atoms with Crippen LogP contribution in [-0.4, -0.2) is 19.5 Å². The van der Waals surface area contributed by atoms with E-state index in [9.17, 15) is 9.00 Å². The predicted molar refractivity (Wildman–Crippen MR) is 91.3 cm³/mol. The first-order valence-electron chi connectivity index (χ1n) is 7.92. The average molecular weight is 330 g/mol. The van der Waals surface area contributed by atoms with Crippen LogP contribution in [0, 0.1) is 20.8 Å². The molecule has 1 atom stereocenters. The van der Waals surface area contributed by atoms with Crippen molar-refractivity contribution in [3.05, 3.63) is 46.3 Å². The minimum absolute atomic E-state index is 0.0616. The summed E-state index contributed by atoms with van der Waals surface area (Å²) >= 11 is 0. The number of hydrogen-bond donors (Lipinski definition) is 0. The number of aryl methyl sites for hydroxylation is 2. The fourth-order valence-electron chi connectivity index (χ4n) is 3.29. The second-order valence-corrected chi connectivity index (χ2v) is 7.73. The van der Waals surface area contributed by atoms with Crippen LogP contribution in [0.1, 0.15) is 58.4 Å². The molecule has 1 heterocycles. The van der Waals surface area contributed by atoms with Crippen LogP contribution in [0.3, 0.4) is 0 Å². The van der Waals surface area contributed by atoms with Gasteiger partial charge in [-0.1, -0.05) is 6.07 Å². The SMILES string of the molecule is CC(=O)c1c(C)cc(C)c(CS(=O)c2nccn2C2CC2)c1C. The van der Waals surface area contributed by atoms with E-state index >= 15 is 0 Å². The molecule has 0 bridgehead atoms. The summed E-state index contributed by atoms with van der Waals surface area (Å²) in [4.78, 5) is 16.2. The van der Waals surface area contributed by atoms with Crippen LogP contribution in [0.25, 0.3) is 0 Å². The van der Waals surface area contributed by atoms with Crippen molar-refractivity contribution in [3.8, 4) is 0 Å². The molecule has 122 valence electrons. The number of nitrogens with zero attached hydrogens (tertiary/aromatic N) is 2. The molecular formula is C18H22N2O2S. The molecule has 0 aliphatic heterocycles. The highest BCUT2D eigenvalue weighted by Crippen LogP contribution is 2.36. The van der Waals surface area contributed by atoms with Crippen LogP contribution in [0.4, 0.5) is 0 Å². The third kappa shape index (κ3) is 3.02. The highest BCUT2D eigenvalue weighted by Gasteiger charge is 2.27. The van der Waals surface area contributed by atoms with Gasteiger partial charge < -0.3 is 4.57 Å². The minimum atomic E-state index is -1.20. The highest BCUT2D eigenvalue weighted by atomic mass is 32.2. The zero-order chi connectivity index (χ0) is 16.7. The Hall–Kier alpha value is -1.75. The van der Waals surface area contributed by atoms with E-state index in [1.165, 1.54) is 0 Å². The molecule has 1 aromatic heterocycles. The van der Waals surface area contributed by atoms with Gasteiger partial charge in [-0.05, 0) is 62.8 Å². The summed E-state index contributed by atoms with van der Waals surface area (Å²) in [5.74, 6) is 0.466. The second kappa shape index (κ2) is 6.04. The summed E-state index contributed by atoms with van der Waals surface area (Å²) < 4.78 is 14.9. The molecule has 1 aromatic carbocycles. The summed E-state index contributed by atoms with van der Waals surface area (Å²) in [6.07, 6.45) is 5.91. The number of Topliss-reactive ketones (excluding diaryl/α,β-unsaturated/α-hetero) is 1. The molecule has 5 heteroatoms. The third-order valence-electron chi connectivity index (χ3n) is 4.54. The molecule has 1 fully saturated rings. The second-order valence-electron chi connectivity index (χ2n) is 6.38. The van der Waals surface area contributed by atoms with Gasteiger partial charge in [-0.3, -0.25) is 9.00 Å². The van der Waals surface area contributed by atoms with Gasteiger partial charge in [-0.2, -0.15) is 0 Å². The Morgan fingerprint density at radius 1 is 1.30 bits per heavy atom. The van der Waals surface area contributed by atoms with Crippen molar-refractivity contribution in [3.63, 3.8) is 0 Å². The number of carbonyl (C=O) groups is 1. The number of benzene rings is 1. The van der Waals surface area contributed by atoms with Gasteiger partial charge in [-0.25, -0.2) is 4.98 Å². The number of aromatic nitrogens is 2. The van der Waals surface area contributed by atoms with Gasteiger partial charge in [0.2, 0.25) is 0 Å². The van der Waals surface area contributed by atoms with E-state index in [2.05, 4.69) is 4.98 Å². The van der Waals surface area contributed by atoms with E-state index in [0.29, 0.717) is 17.0 Å². The van der Waals surface area contributed by atoms with E-state index < -0.39 is 10.8 Å². The Bertz CT molecular complexity index is 804. The molecule has 3 rings (SSSR count). The highest BCUT2D eigenvalue weighted by molar-refractivity contribution is 7.84. The molecule has 1 aliphatic carbocycles. The zero-order valence-electron chi connectivity index (χ0n) is 14.0. The molecule has 1 saturated carbocycles. The molecule has 1 aliphatic rings. The molecule has 0 radical (unpaired) electrons. The topological polar surface area (TPSA) is 52.0 Å². The van der Waals surface area contributed by atoms with Gasteiger partial charge in [0.1, 0.15) is 0 Å². The molecule has 1 unspecified atom stereocenters. The summed E-state index contributed by atoms with van der Waals surface area (Å²) in [5, 5.41) is 0.649. The van der Waals surface area contributed by atoms with Gasteiger partial charge in [0.15, 0.2) is 10.9 Å². The third-order valence-corrected chi connectivity index (χ3v) is 5.81. The fraction of sp³-hybridized carbons (Fsp3) is 0.444. The zero-order valence-corrected chi connectivity index (χ0v) is 14.9. The van der Waals surface area contributed by atoms with Crippen LogP contribution in [0.5, 0.6) is 0 Å². The molecule has 0 N–H and O–H groups in total. The summed E-state index contributed by atoms with van der Waals surface area (Å²) in [6, 6.07) is 2.48. The molecule has 0 amide bonds. The number of hydrogen-bond acceptors (Lipinski definition) is 3. The Morgan fingerprint density at radius 2 is 2.00 bits per heavy atom. The van der Waals surface area contributed by atoms with Gasteiger partial charge >= 0.3 is 0 Å². The van der Waals surface area contributed by atoms with Crippen LogP contribution >= 0.6 is 0 Å². The Labute approximate surface area is 139 Å². The van der Waals surface area contributed by atoms with Crippen molar-refractivity contribution >= 4 is 16.6 Å². The Balaban J connectivity index is 1.96. The standard InChI is InChI=1S/C18H22N2O2S/c1-11-9-12(2)17(14(4)21)13(3)16(11)10-23(22)18-19-7-8-20(18)15-5-6-15/h7-9,15H,5-6,10H2,1-4H3. The number of rotatable bonds is 5. The normalized spacial score (nSPS) is 15.7. The molecule has 0 spiro atoms. The number of carbonyl (C=O) groups excluding carboxylic acids is 1. The van der Waals surface area contributed by atoms with Gasteiger partial charge in [0.05, 0.1) is 16.6 Å². The molecule has 2 aromatic rings. The van der Waals surface area contributed by atoms with E-state index in [1.54, 1.807) is 13.1 Å². The smallest absolute Gasteiger partial charge is 0.199 e. The maximum absolute atomic E-state index is 12.8. The first kappa shape index (κ1) is 16.1. The van der Waals surface area contributed by atoms with Crippen molar-refractivity contribution in [2.45, 2.75) is 57.5 Å². The van der Waals surface area contributed by atoms with Gasteiger partial charge in [0.25, 0.3) is 0 Å². The van der Waals surface area contributed by atoms with E-state index in [1.807, 2.05) is 37.6 Å². The molecule has 23 heavy (non-hydrogen) atoms.